The largest absolute Gasteiger partial charge is 0.388 e. The molecular formula is C18H27NO3. The normalized spacial score (nSPS) is 18.8. The molecule has 122 valence electrons. The molecule has 0 saturated heterocycles. The van der Waals surface area contributed by atoms with Crippen LogP contribution in [-0.2, 0) is 17.6 Å². The van der Waals surface area contributed by atoms with E-state index in [0.29, 0.717) is 25.2 Å². The highest BCUT2D eigenvalue weighted by atomic mass is 16.3. The van der Waals surface area contributed by atoms with E-state index in [1.807, 2.05) is 24.3 Å². The van der Waals surface area contributed by atoms with Crippen molar-refractivity contribution in [3.05, 3.63) is 35.4 Å². The van der Waals surface area contributed by atoms with Gasteiger partial charge in [0.15, 0.2) is 5.60 Å². The van der Waals surface area contributed by atoms with E-state index < -0.39 is 17.1 Å². The Kier molecular flexibility index (Phi) is 4.93. The third-order valence-electron chi connectivity index (χ3n) is 4.40. The Bertz CT molecular complexity index is 512. The van der Waals surface area contributed by atoms with E-state index in [-0.39, 0.29) is 6.54 Å². The molecule has 1 aromatic rings. The number of rotatable bonds is 6. The van der Waals surface area contributed by atoms with Crippen LogP contribution in [0.2, 0.25) is 0 Å². The molecule has 0 aliphatic heterocycles. The van der Waals surface area contributed by atoms with E-state index in [4.69, 9.17) is 0 Å². The fraction of sp³-hybridized carbons (Fsp3) is 0.611. The zero-order valence-corrected chi connectivity index (χ0v) is 13.7. The second-order valence-corrected chi connectivity index (χ2v) is 7.27. The van der Waals surface area contributed by atoms with E-state index in [1.165, 1.54) is 0 Å². The summed E-state index contributed by atoms with van der Waals surface area (Å²) in [6, 6.07) is 7.72. The first-order chi connectivity index (χ1) is 10.2. The van der Waals surface area contributed by atoms with Crippen LogP contribution in [0.3, 0.4) is 0 Å². The number of hydrogen-bond acceptors (Lipinski definition) is 3. The van der Waals surface area contributed by atoms with Crippen LogP contribution in [0.1, 0.15) is 44.7 Å². The molecule has 1 aliphatic carbocycles. The van der Waals surface area contributed by atoms with Gasteiger partial charge in [0.1, 0.15) is 0 Å². The minimum atomic E-state index is -1.39. The third kappa shape index (κ3) is 4.08. The summed E-state index contributed by atoms with van der Waals surface area (Å²) < 4.78 is 0. The summed E-state index contributed by atoms with van der Waals surface area (Å²) in [6.07, 6.45) is 2.20. The zero-order chi connectivity index (χ0) is 16.4. The van der Waals surface area contributed by atoms with Crippen LogP contribution in [0.4, 0.5) is 0 Å². The quantitative estimate of drug-likeness (QED) is 0.751. The molecule has 0 aromatic heterocycles. The maximum absolute atomic E-state index is 12.3. The van der Waals surface area contributed by atoms with Crippen molar-refractivity contribution in [1.82, 2.24) is 5.32 Å². The molecule has 2 rings (SSSR count). The second kappa shape index (κ2) is 6.39. The summed E-state index contributed by atoms with van der Waals surface area (Å²) in [7, 11) is 0. The molecule has 3 N–H and O–H groups in total. The van der Waals surface area contributed by atoms with Gasteiger partial charge in [-0.3, -0.25) is 4.79 Å². The van der Waals surface area contributed by atoms with Gasteiger partial charge in [-0.05, 0) is 36.8 Å². The summed E-state index contributed by atoms with van der Waals surface area (Å²) in [5, 5.41) is 23.6. The van der Waals surface area contributed by atoms with Crippen molar-refractivity contribution >= 4 is 5.91 Å². The lowest BCUT2D eigenvalue weighted by Crippen LogP contribution is -2.51. The minimum Gasteiger partial charge on any atom is -0.388 e. The molecule has 1 unspecified atom stereocenters. The Labute approximate surface area is 132 Å². The maximum Gasteiger partial charge on any atom is 0.252 e. The predicted molar refractivity (Wildman–Crippen MR) is 86.5 cm³/mol. The Balaban J connectivity index is 1.91. The average Bonchev–Trinajstić information content (AvgIpc) is 2.80. The number of amides is 1. The van der Waals surface area contributed by atoms with Crippen molar-refractivity contribution in [3.8, 4) is 0 Å². The Hall–Kier alpha value is -1.39. The number of carbonyl (C=O) groups is 1. The molecule has 22 heavy (non-hydrogen) atoms. The zero-order valence-electron chi connectivity index (χ0n) is 13.7. The van der Waals surface area contributed by atoms with Gasteiger partial charge in [0.2, 0.25) is 0 Å². The summed E-state index contributed by atoms with van der Waals surface area (Å²) in [5.41, 5.74) is -0.294. The summed E-state index contributed by atoms with van der Waals surface area (Å²) in [6.45, 7) is 6.10. The highest BCUT2D eigenvalue weighted by Gasteiger charge is 2.42. The van der Waals surface area contributed by atoms with Crippen LogP contribution >= 0.6 is 0 Å². The second-order valence-electron chi connectivity index (χ2n) is 7.27. The van der Waals surface area contributed by atoms with Crippen LogP contribution in [0.15, 0.2) is 24.3 Å². The number of hydrogen-bond donors (Lipinski definition) is 3. The summed E-state index contributed by atoms with van der Waals surface area (Å²) >= 11 is 0. The molecule has 4 nitrogen and oxygen atoms in total. The predicted octanol–water partition coefficient (Wildman–Crippen LogP) is 1.82. The molecule has 1 atom stereocenters. The lowest BCUT2D eigenvalue weighted by Gasteiger charge is -2.27. The molecule has 4 heteroatoms. The Morgan fingerprint density at radius 3 is 2.36 bits per heavy atom. The molecule has 1 aromatic carbocycles. The first-order valence-electron chi connectivity index (χ1n) is 8.02. The summed E-state index contributed by atoms with van der Waals surface area (Å²) in [5.74, 6) is 0.115. The van der Waals surface area contributed by atoms with Gasteiger partial charge in [-0.2, -0.15) is 0 Å². The SMILES string of the molecule is CC(C)CCC(C)(O)CNC(=O)C1(O)Cc2ccccc2C1. The van der Waals surface area contributed by atoms with Crippen LogP contribution < -0.4 is 5.32 Å². The number of benzene rings is 1. The molecular weight excluding hydrogens is 278 g/mol. The molecule has 0 spiro atoms. The van der Waals surface area contributed by atoms with Crippen LogP contribution in [0.25, 0.3) is 0 Å². The van der Waals surface area contributed by atoms with Crippen LogP contribution in [0.5, 0.6) is 0 Å². The van der Waals surface area contributed by atoms with Gasteiger partial charge in [0, 0.05) is 19.4 Å². The highest BCUT2D eigenvalue weighted by Crippen LogP contribution is 2.30. The van der Waals surface area contributed by atoms with Gasteiger partial charge in [-0.1, -0.05) is 38.1 Å². The van der Waals surface area contributed by atoms with E-state index >= 15 is 0 Å². The van der Waals surface area contributed by atoms with Crippen LogP contribution in [-0.4, -0.2) is 33.9 Å². The van der Waals surface area contributed by atoms with E-state index in [2.05, 4.69) is 19.2 Å². The molecule has 1 amide bonds. The average molecular weight is 305 g/mol. The Morgan fingerprint density at radius 1 is 1.32 bits per heavy atom. The molecule has 0 fully saturated rings. The van der Waals surface area contributed by atoms with E-state index in [1.54, 1.807) is 6.92 Å². The standard InChI is InChI=1S/C18H27NO3/c1-13(2)8-9-17(3,21)12-19-16(20)18(22)10-14-6-4-5-7-15(14)11-18/h4-7,13,21-22H,8-12H2,1-3H3,(H,19,20). The van der Waals surface area contributed by atoms with Gasteiger partial charge < -0.3 is 15.5 Å². The van der Waals surface area contributed by atoms with Gasteiger partial charge in [0.25, 0.3) is 5.91 Å². The number of aliphatic hydroxyl groups is 2. The number of carbonyl (C=O) groups excluding carboxylic acids is 1. The number of fused-ring (bicyclic) bond motifs is 1. The van der Waals surface area contributed by atoms with Gasteiger partial charge in [-0.25, -0.2) is 0 Å². The lowest BCUT2D eigenvalue weighted by atomic mass is 9.94. The van der Waals surface area contributed by atoms with Gasteiger partial charge in [-0.15, -0.1) is 0 Å². The molecule has 0 bridgehead atoms. The van der Waals surface area contributed by atoms with Crippen molar-refractivity contribution < 1.29 is 15.0 Å². The highest BCUT2D eigenvalue weighted by molar-refractivity contribution is 5.86. The van der Waals surface area contributed by atoms with E-state index in [9.17, 15) is 15.0 Å². The molecule has 0 saturated carbocycles. The smallest absolute Gasteiger partial charge is 0.252 e. The first-order valence-corrected chi connectivity index (χ1v) is 8.02. The fourth-order valence-corrected chi connectivity index (χ4v) is 2.88. The number of nitrogens with one attached hydrogen (secondary N) is 1. The van der Waals surface area contributed by atoms with Crippen LogP contribution in [0, 0.1) is 5.92 Å². The molecule has 1 aliphatic rings. The third-order valence-corrected chi connectivity index (χ3v) is 4.40. The van der Waals surface area contributed by atoms with Crippen molar-refractivity contribution in [1.29, 1.82) is 0 Å². The van der Waals surface area contributed by atoms with Crippen molar-refractivity contribution in [2.24, 2.45) is 5.92 Å². The molecule has 0 heterocycles. The van der Waals surface area contributed by atoms with Crippen molar-refractivity contribution in [2.45, 2.75) is 57.7 Å². The topological polar surface area (TPSA) is 69.6 Å². The first kappa shape index (κ1) is 17.0. The minimum absolute atomic E-state index is 0.164. The van der Waals surface area contributed by atoms with Gasteiger partial charge in [0.05, 0.1) is 5.60 Å². The van der Waals surface area contributed by atoms with E-state index in [0.717, 1.165) is 17.5 Å². The Morgan fingerprint density at radius 2 is 1.86 bits per heavy atom. The van der Waals surface area contributed by atoms with Crippen molar-refractivity contribution in [2.75, 3.05) is 6.54 Å². The van der Waals surface area contributed by atoms with Gasteiger partial charge >= 0.3 is 0 Å². The lowest BCUT2D eigenvalue weighted by molar-refractivity contribution is -0.140. The molecule has 0 radical (unpaired) electrons. The summed E-state index contributed by atoms with van der Waals surface area (Å²) in [4.78, 5) is 12.3. The van der Waals surface area contributed by atoms with Crippen molar-refractivity contribution in [3.63, 3.8) is 0 Å². The fourth-order valence-electron chi connectivity index (χ4n) is 2.88. The maximum atomic E-state index is 12.3. The monoisotopic (exact) mass is 305 g/mol.